The zero-order valence-corrected chi connectivity index (χ0v) is 13.2. The molecule has 1 aromatic heterocycles. The lowest BCUT2D eigenvalue weighted by Gasteiger charge is -2.10. The van der Waals surface area contributed by atoms with Crippen molar-refractivity contribution >= 4 is 21.8 Å². The molecular formula is C21H19N. The van der Waals surface area contributed by atoms with Crippen molar-refractivity contribution in [2.75, 3.05) is 0 Å². The lowest BCUT2D eigenvalue weighted by molar-refractivity contribution is 1.17. The Morgan fingerprint density at radius 3 is 2.14 bits per heavy atom. The predicted octanol–water partition coefficient (Wildman–Crippen LogP) is 5.71. The lowest BCUT2D eigenvalue weighted by atomic mass is 9.98. The summed E-state index contributed by atoms with van der Waals surface area (Å²) < 4.78 is 2.38. The summed E-state index contributed by atoms with van der Waals surface area (Å²) in [6.45, 7) is 6.67. The van der Waals surface area contributed by atoms with Gasteiger partial charge in [-0.2, -0.15) is 0 Å². The van der Waals surface area contributed by atoms with E-state index in [0.29, 0.717) is 0 Å². The van der Waals surface area contributed by atoms with Crippen molar-refractivity contribution in [3.8, 4) is 5.69 Å². The van der Waals surface area contributed by atoms with E-state index >= 15 is 0 Å². The van der Waals surface area contributed by atoms with E-state index in [1.165, 1.54) is 44.2 Å². The minimum absolute atomic E-state index is 1.22. The second kappa shape index (κ2) is 4.74. The molecule has 0 aliphatic heterocycles. The van der Waals surface area contributed by atoms with Crippen molar-refractivity contribution in [1.29, 1.82) is 0 Å². The van der Waals surface area contributed by atoms with Gasteiger partial charge in [-0.25, -0.2) is 0 Å². The first-order valence-corrected chi connectivity index (χ1v) is 7.74. The molecule has 0 amide bonds. The van der Waals surface area contributed by atoms with Gasteiger partial charge in [0.05, 0.1) is 11.0 Å². The normalized spacial score (nSPS) is 11.4. The fraction of sp³-hybridized carbons (Fsp3) is 0.143. The lowest BCUT2D eigenvalue weighted by Crippen LogP contribution is -1.95. The van der Waals surface area contributed by atoms with Crippen LogP contribution >= 0.6 is 0 Å². The number of rotatable bonds is 1. The summed E-state index contributed by atoms with van der Waals surface area (Å²) in [4.78, 5) is 0. The van der Waals surface area contributed by atoms with Crippen molar-refractivity contribution < 1.29 is 0 Å². The van der Waals surface area contributed by atoms with Crippen LogP contribution in [-0.2, 0) is 0 Å². The molecular weight excluding hydrogens is 266 g/mol. The smallest absolute Gasteiger partial charge is 0.0546 e. The highest BCUT2D eigenvalue weighted by Gasteiger charge is 2.15. The van der Waals surface area contributed by atoms with E-state index in [0.717, 1.165) is 0 Å². The molecule has 0 saturated heterocycles. The number of aryl methyl sites for hydroxylation is 2. The van der Waals surface area contributed by atoms with Gasteiger partial charge in [0.2, 0.25) is 0 Å². The molecule has 4 rings (SSSR count). The molecule has 0 radical (unpaired) electrons. The van der Waals surface area contributed by atoms with Crippen LogP contribution in [0, 0.1) is 20.8 Å². The summed E-state index contributed by atoms with van der Waals surface area (Å²) in [6.07, 6.45) is 0. The van der Waals surface area contributed by atoms with Gasteiger partial charge in [0.25, 0.3) is 0 Å². The Kier molecular flexibility index (Phi) is 2.83. The van der Waals surface area contributed by atoms with Gasteiger partial charge in [-0.3, -0.25) is 0 Å². The first-order valence-electron chi connectivity index (χ1n) is 7.74. The van der Waals surface area contributed by atoms with E-state index in [4.69, 9.17) is 0 Å². The predicted molar refractivity (Wildman–Crippen MR) is 95.0 cm³/mol. The van der Waals surface area contributed by atoms with E-state index in [1.807, 2.05) is 0 Å². The number of aromatic nitrogens is 1. The van der Waals surface area contributed by atoms with Crippen molar-refractivity contribution in [2.24, 2.45) is 0 Å². The Bertz CT molecular complexity index is 991. The van der Waals surface area contributed by atoms with E-state index < -0.39 is 0 Å². The van der Waals surface area contributed by atoms with Crippen LogP contribution in [0.5, 0.6) is 0 Å². The van der Waals surface area contributed by atoms with Crippen LogP contribution in [0.15, 0.2) is 60.7 Å². The number of para-hydroxylation sites is 2. The average molecular weight is 285 g/mol. The fourth-order valence-electron chi connectivity index (χ4n) is 3.44. The second-order valence-corrected chi connectivity index (χ2v) is 6.03. The molecule has 4 aromatic rings. The van der Waals surface area contributed by atoms with Gasteiger partial charge in [-0.05, 0) is 61.7 Å². The zero-order chi connectivity index (χ0) is 15.3. The first-order chi connectivity index (χ1) is 10.7. The van der Waals surface area contributed by atoms with Crippen LogP contribution in [0.25, 0.3) is 27.5 Å². The van der Waals surface area contributed by atoms with Crippen LogP contribution in [0.2, 0.25) is 0 Å². The molecule has 0 atom stereocenters. The third-order valence-corrected chi connectivity index (χ3v) is 4.81. The summed E-state index contributed by atoms with van der Waals surface area (Å²) in [5, 5.41) is 2.71. The van der Waals surface area contributed by atoms with Gasteiger partial charge in [0.15, 0.2) is 0 Å². The zero-order valence-electron chi connectivity index (χ0n) is 13.2. The molecule has 0 N–H and O–H groups in total. The molecule has 0 fully saturated rings. The number of hydrogen-bond acceptors (Lipinski definition) is 0. The summed E-state index contributed by atoms with van der Waals surface area (Å²) in [7, 11) is 0. The Hall–Kier alpha value is -2.54. The molecule has 0 bridgehead atoms. The van der Waals surface area contributed by atoms with E-state index in [1.54, 1.807) is 0 Å². The Balaban J connectivity index is 2.28. The Morgan fingerprint density at radius 2 is 1.36 bits per heavy atom. The highest BCUT2D eigenvalue weighted by molar-refractivity contribution is 6.11. The molecule has 3 aromatic carbocycles. The molecule has 108 valence electrons. The maximum absolute atomic E-state index is 2.38. The highest BCUT2D eigenvalue weighted by atomic mass is 15.0. The van der Waals surface area contributed by atoms with Crippen molar-refractivity contribution in [3.63, 3.8) is 0 Å². The fourth-order valence-corrected chi connectivity index (χ4v) is 3.44. The first kappa shape index (κ1) is 13.1. The van der Waals surface area contributed by atoms with E-state index in [-0.39, 0.29) is 0 Å². The topological polar surface area (TPSA) is 4.93 Å². The molecule has 0 aliphatic carbocycles. The number of hydrogen-bond donors (Lipinski definition) is 0. The summed E-state index contributed by atoms with van der Waals surface area (Å²) in [6, 6.07) is 21.6. The molecule has 0 unspecified atom stereocenters. The Morgan fingerprint density at radius 1 is 0.682 bits per heavy atom. The quantitative estimate of drug-likeness (QED) is 0.422. The van der Waals surface area contributed by atoms with Gasteiger partial charge in [0, 0.05) is 16.5 Å². The standard InChI is InChI=1S/C21H19N/c1-14-13-20-21(16(3)15(14)2)18-11-7-8-12-19(18)22(20)17-9-5-4-6-10-17/h4-13H,1-3H3. The van der Waals surface area contributed by atoms with Crippen LogP contribution in [-0.4, -0.2) is 4.57 Å². The van der Waals surface area contributed by atoms with Crippen LogP contribution in [0.3, 0.4) is 0 Å². The molecule has 1 heteroatoms. The van der Waals surface area contributed by atoms with Gasteiger partial charge in [-0.15, -0.1) is 0 Å². The number of fused-ring (bicyclic) bond motifs is 3. The van der Waals surface area contributed by atoms with Crippen LogP contribution in [0.1, 0.15) is 16.7 Å². The average Bonchev–Trinajstić information content (AvgIpc) is 2.87. The maximum atomic E-state index is 2.38. The SMILES string of the molecule is Cc1cc2c(c(C)c1C)c1ccccc1n2-c1ccccc1. The van der Waals surface area contributed by atoms with Gasteiger partial charge in [-0.1, -0.05) is 36.4 Å². The molecule has 1 nitrogen and oxygen atoms in total. The molecule has 0 saturated carbocycles. The van der Waals surface area contributed by atoms with Crippen LogP contribution in [0.4, 0.5) is 0 Å². The van der Waals surface area contributed by atoms with E-state index in [2.05, 4.69) is 86.0 Å². The van der Waals surface area contributed by atoms with Crippen LogP contribution < -0.4 is 0 Å². The van der Waals surface area contributed by atoms with Gasteiger partial charge < -0.3 is 4.57 Å². The molecule has 22 heavy (non-hydrogen) atoms. The number of benzene rings is 3. The largest absolute Gasteiger partial charge is 0.309 e. The van der Waals surface area contributed by atoms with Crippen molar-refractivity contribution in [1.82, 2.24) is 4.57 Å². The highest BCUT2D eigenvalue weighted by Crippen LogP contribution is 2.36. The van der Waals surface area contributed by atoms with E-state index in [9.17, 15) is 0 Å². The summed E-state index contributed by atoms with van der Waals surface area (Å²) >= 11 is 0. The van der Waals surface area contributed by atoms with Crippen molar-refractivity contribution in [2.45, 2.75) is 20.8 Å². The minimum atomic E-state index is 1.22. The monoisotopic (exact) mass is 285 g/mol. The molecule has 1 heterocycles. The second-order valence-electron chi connectivity index (χ2n) is 6.03. The third-order valence-electron chi connectivity index (χ3n) is 4.81. The summed E-state index contributed by atoms with van der Waals surface area (Å²) in [5.41, 5.74) is 7.93. The molecule has 0 aliphatic rings. The third kappa shape index (κ3) is 1.72. The number of nitrogens with zero attached hydrogens (tertiary/aromatic N) is 1. The summed E-state index contributed by atoms with van der Waals surface area (Å²) in [5.74, 6) is 0. The van der Waals surface area contributed by atoms with Crippen molar-refractivity contribution in [3.05, 3.63) is 77.4 Å². The van der Waals surface area contributed by atoms with Gasteiger partial charge >= 0.3 is 0 Å². The maximum Gasteiger partial charge on any atom is 0.0546 e. The Labute approximate surface area is 130 Å². The van der Waals surface area contributed by atoms with Gasteiger partial charge in [0.1, 0.15) is 0 Å². The molecule has 0 spiro atoms. The minimum Gasteiger partial charge on any atom is -0.309 e.